The summed E-state index contributed by atoms with van der Waals surface area (Å²) in [5.41, 5.74) is 1.31. The van der Waals surface area contributed by atoms with Gasteiger partial charge in [-0.2, -0.15) is 4.68 Å². The highest BCUT2D eigenvalue weighted by molar-refractivity contribution is 5.94. The molecule has 5 rings (SSSR count). The Morgan fingerprint density at radius 1 is 1.16 bits per heavy atom. The number of carbonyl (C=O) groups excluding carboxylic acids is 2. The molecular weight excluding hydrogens is 416 g/mol. The van der Waals surface area contributed by atoms with Gasteiger partial charge in [0.1, 0.15) is 19.0 Å². The molecule has 12 heteroatoms. The van der Waals surface area contributed by atoms with Crippen LogP contribution in [0.25, 0.3) is 5.82 Å². The van der Waals surface area contributed by atoms with Gasteiger partial charge in [0.25, 0.3) is 0 Å². The number of piperidine rings is 1. The summed E-state index contributed by atoms with van der Waals surface area (Å²) in [6.45, 7) is 4.34. The Kier molecular flexibility index (Phi) is 5.18. The monoisotopic (exact) mass is 440 g/mol. The van der Waals surface area contributed by atoms with Crippen LogP contribution in [0.15, 0.2) is 30.0 Å². The average molecular weight is 440 g/mol. The predicted octanol–water partition coefficient (Wildman–Crippen LogP) is -0.369. The summed E-state index contributed by atoms with van der Waals surface area (Å²) in [6.07, 6.45) is 5.89. The van der Waals surface area contributed by atoms with E-state index in [2.05, 4.69) is 30.4 Å². The molecule has 2 saturated heterocycles. The Morgan fingerprint density at radius 2 is 1.94 bits per heavy atom. The first kappa shape index (κ1) is 20.6. The van der Waals surface area contributed by atoms with E-state index >= 15 is 0 Å². The minimum atomic E-state index is -0.787. The molecule has 0 saturated carbocycles. The van der Waals surface area contributed by atoms with Gasteiger partial charge in [0, 0.05) is 13.1 Å². The van der Waals surface area contributed by atoms with Crippen molar-refractivity contribution in [2.75, 3.05) is 32.8 Å². The number of cyclic esters (lactones) is 1. The number of carbonyl (C=O) groups is 2. The highest BCUT2D eigenvalue weighted by Gasteiger charge is 2.50. The lowest BCUT2D eigenvalue weighted by molar-refractivity contribution is -0.138. The van der Waals surface area contributed by atoms with Gasteiger partial charge >= 0.3 is 5.97 Å². The van der Waals surface area contributed by atoms with E-state index in [9.17, 15) is 14.7 Å². The molecule has 0 unspecified atom stereocenters. The van der Waals surface area contributed by atoms with Crippen LogP contribution in [0, 0.1) is 5.41 Å². The number of aromatic nitrogens is 6. The van der Waals surface area contributed by atoms with Gasteiger partial charge in [0.05, 0.1) is 34.8 Å². The summed E-state index contributed by atoms with van der Waals surface area (Å²) in [7, 11) is 0. The lowest BCUT2D eigenvalue weighted by Gasteiger charge is -2.38. The number of amides is 1. The second kappa shape index (κ2) is 8.02. The van der Waals surface area contributed by atoms with Crippen molar-refractivity contribution in [2.45, 2.75) is 32.3 Å². The number of esters is 1. The second-order valence-corrected chi connectivity index (χ2v) is 8.51. The van der Waals surface area contributed by atoms with Gasteiger partial charge in [-0.1, -0.05) is 0 Å². The molecule has 2 fully saturated rings. The summed E-state index contributed by atoms with van der Waals surface area (Å²) in [5.74, 6) is 0.218. The summed E-state index contributed by atoms with van der Waals surface area (Å²) in [5, 5.41) is 21.5. The maximum atomic E-state index is 13.2. The van der Waals surface area contributed by atoms with E-state index in [0.717, 1.165) is 19.3 Å². The molecule has 0 aliphatic carbocycles. The normalized spacial score (nSPS) is 22.1. The van der Waals surface area contributed by atoms with Crippen LogP contribution in [0.2, 0.25) is 0 Å². The SMILES string of the molecule is CC1=C(N2CCC3(CCN(C[C@H](O)c4cnc(-n5cnnn5)cn4)CC3)C2=O)COC1=O. The molecule has 0 radical (unpaired) electrons. The van der Waals surface area contributed by atoms with Crippen LogP contribution in [0.5, 0.6) is 0 Å². The van der Waals surface area contributed by atoms with E-state index in [1.165, 1.54) is 23.4 Å². The third kappa shape index (κ3) is 3.54. The first-order valence-electron chi connectivity index (χ1n) is 10.6. The fourth-order valence-electron chi connectivity index (χ4n) is 4.68. The van der Waals surface area contributed by atoms with Crippen molar-refractivity contribution < 1.29 is 19.4 Å². The number of rotatable bonds is 5. The summed E-state index contributed by atoms with van der Waals surface area (Å²) < 4.78 is 6.47. The molecule has 1 N–H and O–H groups in total. The quantitative estimate of drug-likeness (QED) is 0.613. The number of ether oxygens (including phenoxy) is 1. The van der Waals surface area contributed by atoms with Gasteiger partial charge < -0.3 is 19.6 Å². The van der Waals surface area contributed by atoms with Crippen molar-refractivity contribution >= 4 is 11.9 Å². The van der Waals surface area contributed by atoms with Crippen LogP contribution in [0.1, 0.15) is 38.0 Å². The topological polar surface area (TPSA) is 139 Å². The first-order chi connectivity index (χ1) is 15.5. The number of hydrogen-bond donors (Lipinski definition) is 1. The van der Waals surface area contributed by atoms with Crippen LogP contribution < -0.4 is 0 Å². The zero-order valence-corrected chi connectivity index (χ0v) is 17.7. The maximum absolute atomic E-state index is 13.2. The van der Waals surface area contributed by atoms with Gasteiger partial charge in [0.15, 0.2) is 5.82 Å². The maximum Gasteiger partial charge on any atom is 0.336 e. The van der Waals surface area contributed by atoms with Crippen molar-refractivity contribution in [1.29, 1.82) is 0 Å². The molecule has 168 valence electrons. The zero-order valence-electron chi connectivity index (χ0n) is 17.7. The molecule has 12 nitrogen and oxygen atoms in total. The van der Waals surface area contributed by atoms with Crippen LogP contribution in [-0.4, -0.2) is 89.7 Å². The number of aliphatic hydroxyl groups excluding tert-OH is 1. The molecule has 1 atom stereocenters. The Balaban J connectivity index is 1.18. The third-order valence-electron chi connectivity index (χ3n) is 6.75. The van der Waals surface area contributed by atoms with Crippen LogP contribution >= 0.6 is 0 Å². The number of hydrogen-bond acceptors (Lipinski definition) is 10. The smallest absolute Gasteiger partial charge is 0.336 e. The number of aliphatic hydroxyl groups is 1. The highest BCUT2D eigenvalue weighted by atomic mass is 16.5. The average Bonchev–Trinajstić information content (AvgIpc) is 3.53. The molecular formula is C20H24N8O4. The molecule has 0 bridgehead atoms. The van der Waals surface area contributed by atoms with Crippen molar-refractivity contribution in [2.24, 2.45) is 5.41 Å². The Hall–Kier alpha value is -3.25. The fourth-order valence-corrected chi connectivity index (χ4v) is 4.68. The second-order valence-electron chi connectivity index (χ2n) is 8.51. The molecule has 2 aromatic heterocycles. The van der Waals surface area contributed by atoms with Gasteiger partial charge in [-0.3, -0.25) is 9.78 Å². The van der Waals surface area contributed by atoms with E-state index in [1.54, 1.807) is 11.8 Å². The highest BCUT2D eigenvalue weighted by Crippen LogP contribution is 2.43. The number of likely N-dealkylation sites (tertiary alicyclic amines) is 2. The minimum Gasteiger partial charge on any atom is -0.456 e. The van der Waals surface area contributed by atoms with Crippen molar-refractivity contribution in [3.63, 3.8) is 0 Å². The molecule has 5 heterocycles. The van der Waals surface area contributed by atoms with Crippen LogP contribution in [0.3, 0.4) is 0 Å². The van der Waals surface area contributed by atoms with E-state index in [0.29, 0.717) is 49.0 Å². The van der Waals surface area contributed by atoms with Gasteiger partial charge in [-0.15, -0.1) is 5.10 Å². The lowest BCUT2D eigenvalue weighted by Crippen LogP contribution is -2.45. The third-order valence-corrected chi connectivity index (χ3v) is 6.75. The standard InChI is InChI=1S/C20H24N8O4/c1-13-15(11-32-18(13)30)27-7-4-20(19(27)31)2-5-26(6-3-20)10-16(29)14-8-22-17(9-21-14)28-12-23-24-25-28/h8-9,12,16,29H,2-7,10-11H2,1H3/t16-/m0/s1. The number of β-amino-alcohol motifs (C(OH)–C–C–N with tert-alkyl or cyclic N) is 1. The summed E-state index contributed by atoms with van der Waals surface area (Å²) >= 11 is 0. The molecule has 1 spiro atoms. The van der Waals surface area contributed by atoms with Crippen molar-refractivity contribution in [3.8, 4) is 5.82 Å². The summed E-state index contributed by atoms with van der Waals surface area (Å²) in [4.78, 5) is 37.3. The molecule has 2 aromatic rings. The molecule has 0 aromatic carbocycles. The molecule has 1 amide bonds. The van der Waals surface area contributed by atoms with E-state index < -0.39 is 11.5 Å². The molecule has 3 aliphatic rings. The lowest BCUT2D eigenvalue weighted by atomic mass is 9.77. The van der Waals surface area contributed by atoms with Crippen molar-refractivity contribution in [1.82, 2.24) is 40.0 Å². The minimum absolute atomic E-state index is 0.0920. The summed E-state index contributed by atoms with van der Waals surface area (Å²) in [6, 6.07) is 0. The number of nitrogens with zero attached hydrogens (tertiary/aromatic N) is 8. The predicted molar refractivity (Wildman–Crippen MR) is 108 cm³/mol. The first-order valence-corrected chi connectivity index (χ1v) is 10.6. The van der Waals surface area contributed by atoms with Crippen LogP contribution in [0.4, 0.5) is 0 Å². The largest absolute Gasteiger partial charge is 0.456 e. The van der Waals surface area contributed by atoms with E-state index in [4.69, 9.17) is 4.74 Å². The van der Waals surface area contributed by atoms with Gasteiger partial charge in [-0.05, 0) is 49.7 Å². The zero-order chi connectivity index (χ0) is 22.3. The van der Waals surface area contributed by atoms with Gasteiger partial charge in [-0.25, -0.2) is 9.78 Å². The Morgan fingerprint density at radius 3 is 2.56 bits per heavy atom. The number of tetrazole rings is 1. The Bertz CT molecular complexity index is 1040. The van der Waals surface area contributed by atoms with Crippen molar-refractivity contribution in [3.05, 3.63) is 35.7 Å². The van der Waals surface area contributed by atoms with E-state index in [-0.39, 0.29) is 18.5 Å². The van der Waals surface area contributed by atoms with Crippen LogP contribution in [-0.2, 0) is 14.3 Å². The van der Waals surface area contributed by atoms with Gasteiger partial charge in [0.2, 0.25) is 5.91 Å². The fraction of sp³-hybridized carbons (Fsp3) is 0.550. The van der Waals surface area contributed by atoms with E-state index in [1.807, 2.05) is 0 Å². The Labute approximate surface area is 183 Å². The molecule has 32 heavy (non-hydrogen) atoms. The molecule has 3 aliphatic heterocycles.